The maximum Gasteiger partial charge on any atom is 0.256 e. The van der Waals surface area contributed by atoms with E-state index in [-0.39, 0.29) is 5.78 Å². The lowest BCUT2D eigenvalue weighted by Gasteiger charge is -2.06. The molecule has 0 unspecified atom stereocenters. The zero-order valence-corrected chi connectivity index (χ0v) is 18.1. The number of ketones is 1. The zero-order valence-electron chi connectivity index (χ0n) is 17.3. The highest BCUT2D eigenvalue weighted by Crippen LogP contribution is 2.23. The number of hydrogen-bond donors (Lipinski definition) is 0. The minimum absolute atomic E-state index is 0.0252. The van der Waals surface area contributed by atoms with Gasteiger partial charge in [-0.1, -0.05) is 59.8 Å². The van der Waals surface area contributed by atoms with Crippen LogP contribution in [-0.4, -0.2) is 23.1 Å². The molecule has 0 radical (unpaired) electrons. The van der Waals surface area contributed by atoms with Gasteiger partial charge in [0, 0.05) is 11.3 Å². The first-order valence-electron chi connectivity index (χ1n) is 10.2. The van der Waals surface area contributed by atoms with Gasteiger partial charge < -0.3 is 9.15 Å². The SMILES string of the molecule is Cc1cccc(C=CC(=O)c2ccc(OCCCSc3nc4ccccc4o3)cc2)c1. The number of aromatic nitrogens is 1. The Morgan fingerprint density at radius 2 is 1.90 bits per heavy atom. The lowest BCUT2D eigenvalue weighted by atomic mass is 10.1. The summed E-state index contributed by atoms with van der Waals surface area (Å²) in [7, 11) is 0. The van der Waals surface area contributed by atoms with Crippen LogP contribution in [0.25, 0.3) is 17.2 Å². The van der Waals surface area contributed by atoms with Crippen molar-refractivity contribution in [2.24, 2.45) is 0 Å². The number of rotatable bonds is 9. The van der Waals surface area contributed by atoms with Gasteiger partial charge in [0.25, 0.3) is 5.22 Å². The van der Waals surface area contributed by atoms with Crippen LogP contribution in [0.15, 0.2) is 88.5 Å². The average Bonchev–Trinajstić information content (AvgIpc) is 3.20. The molecule has 4 aromatic rings. The highest BCUT2D eigenvalue weighted by Gasteiger charge is 2.06. The fraction of sp³-hybridized carbons (Fsp3) is 0.154. The predicted octanol–water partition coefficient (Wildman–Crippen LogP) is 6.59. The molecule has 0 aliphatic carbocycles. The summed E-state index contributed by atoms with van der Waals surface area (Å²) in [5.41, 5.74) is 4.52. The molecule has 156 valence electrons. The van der Waals surface area contributed by atoms with Crippen molar-refractivity contribution in [2.75, 3.05) is 12.4 Å². The number of allylic oxidation sites excluding steroid dienone is 1. The van der Waals surface area contributed by atoms with E-state index in [1.54, 1.807) is 30.0 Å². The number of fused-ring (bicyclic) bond motifs is 1. The van der Waals surface area contributed by atoms with Crippen LogP contribution in [0, 0.1) is 6.92 Å². The van der Waals surface area contributed by atoms with Gasteiger partial charge in [0.1, 0.15) is 11.3 Å². The van der Waals surface area contributed by atoms with Gasteiger partial charge in [-0.05, 0) is 61.4 Å². The number of benzene rings is 3. The lowest BCUT2D eigenvalue weighted by molar-refractivity contribution is 0.104. The van der Waals surface area contributed by atoms with Crippen LogP contribution in [0.1, 0.15) is 27.9 Å². The number of aryl methyl sites for hydroxylation is 1. The summed E-state index contributed by atoms with van der Waals surface area (Å²) in [5, 5.41) is 0.683. The molecule has 3 aromatic carbocycles. The fourth-order valence-corrected chi connectivity index (χ4v) is 3.83. The van der Waals surface area contributed by atoms with Crippen LogP contribution in [0.2, 0.25) is 0 Å². The van der Waals surface area contributed by atoms with Gasteiger partial charge in [-0.25, -0.2) is 4.98 Å². The number of carbonyl (C=O) groups excluding carboxylic acids is 1. The highest BCUT2D eigenvalue weighted by atomic mass is 32.2. The largest absolute Gasteiger partial charge is 0.494 e. The van der Waals surface area contributed by atoms with E-state index in [0.29, 0.717) is 17.4 Å². The molecule has 0 aliphatic rings. The number of oxazole rings is 1. The van der Waals surface area contributed by atoms with E-state index >= 15 is 0 Å². The molecule has 31 heavy (non-hydrogen) atoms. The molecular weight excluding hydrogens is 406 g/mol. The Balaban J connectivity index is 1.21. The summed E-state index contributed by atoms with van der Waals surface area (Å²) in [6.45, 7) is 2.63. The monoisotopic (exact) mass is 429 g/mol. The fourth-order valence-electron chi connectivity index (χ4n) is 3.08. The summed E-state index contributed by atoms with van der Waals surface area (Å²) in [6.07, 6.45) is 4.31. The lowest BCUT2D eigenvalue weighted by Crippen LogP contribution is -2.00. The van der Waals surface area contributed by atoms with Gasteiger partial charge in [-0.15, -0.1) is 0 Å². The topological polar surface area (TPSA) is 52.3 Å². The smallest absolute Gasteiger partial charge is 0.256 e. The molecule has 0 aliphatic heterocycles. The van der Waals surface area contributed by atoms with E-state index in [1.807, 2.05) is 73.7 Å². The number of hydrogen-bond acceptors (Lipinski definition) is 5. The third kappa shape index (κ3) is 5.86. The van der Waals surface area contributed by atoms with E-state index in [4.69, 9.17) is 9.15 Å². The molecule has 4 rings (SSSR count). The minimum Gasteiger partial charge on any atom is -0.494 e. The molecule has 0 atom stereocenters. The van der Waals surface area contributed by atoms with Crippen LogP contribution in [-0.2, 0) is 0 Å². The first kappa shape index (κ1) is 20.9. The number of nitrogens with zero attached hydrogens (tertiary/aromatic N) is 1. The number of para-hydroxylation sites is 2. The van der Waals surface area contributed by atoms with Gasteiger partial charge in [-0.2, -0.15) is 0 Å². The summed E-state index contributed by atoms with van der Waals surface area (Å²) >= 11 is 1.58. The Labute approximate surface area is 186 Å². The van der Waals surface area contributed by atoms with Crippen LogP contribution in [0.3, 0.4) is 0 Å². The molecule has 0 saturated carbocycles. The maximum absolute atomic E-state index is 12.4. The van der Waals surface area contributed by atoms with Crippen LogP contribution < -0.4 is 4.74 Å². The Kier molecular flexibility index (Phi) is 6.85. The van der Waals surface area contributed by atoms with Crippen LogP contribution in [0.4, 0.5) is 0 Å². The predicted molar refractivity (Wildman–Crippen MR) is 126 cm³/mol. The van der Waals surface area contributed by atoms with E-state index in [1.165, 1.54) is 5.56 Å². The second-order valence-corrected chi connectivity index (χ2v) is 8.18. The Morgan fingerprint density at radius 3 is 2.71 bits per heavy atom. The van der Waals surface area contributed by atoms with Crippen LogP contribution >= 0.6 is 11.8 Å². The Morgan fingerprint density at radius 1 is 1.06 bits per heavy atom. The van der Waals surface area contributed by atoms with Crippen molar-refractivity contribution in [3.05, 3.63) is 95.6 Å². The van der Waals surface area contributed by atoms with Crippen molar-refractivity contribution < 1.29 is 13.9 Å². The van der Waals surface area contributed by atoms with Crippen molar-refractivity contribution in [2.45, 2.75) is 18.6 Å². The molecule has 0 N–H and O–H groups in total. The number of ether oxygens (including phenoxy) is 1. The molecular formula is C26H23NO3S. The third-order valence-electron chi connectivity index (χ3n) is 4.67. The molecule has 1 aromatic heterocycles. The van der Waals surface area contributed by atoms with Crippen molar-refractivity contribution in [3.8, 4) is 5.75 Å². The zero-order chi connectivity index (χ0) is 21.5. The maximum atomic E-state index is 12.4. The number of carbonyl (C=O) groups is 1. The van der Waals surface area contributed by atoms with E-state index in [2.05, 4.69) is 4.98 Å². The van der Waals surface area contributed by atoms with Crippen LogP contribution in [0.5, 0.6) is 5.75 Å². The molecule has 0 bridgehead atoms. The summed E-state index contributed by atoms with van der Waals surface area (Å²) in [5.74, 6) is 1.58. The van der Waals surface area contributed by atoms with Gasteiger partial charge in [0.2, 0.25) is 0 Å². The van der Waals surface area contributed by atoms with Gasteiger partial charge in [0.15, 0.2) is 11.4 Å². The van der Waals surface area contributed by atoms with Crippen molar-refractivity contribution in [1.82, 2.24) is 4.98 Å². The third-order valence-corrected chi connectivity index (χ3v) is 5.58. The van der Waals surface area contributed by atoms with E-state index in [0.717, 1.165) is 34.6 Å². The number of thioether (sulfide) groups is 1. The summed E-state index contributed by atoms with van der Waals surface area (Å²) in [6, 6.07) is 23.1. The van der Waals surface area contributed by atoms with Crippen molar-refractivity contribution >= 4 is 34.7 Å². The molecule has 0 amide bonds. The van der Waals surface area contributed by atoms with Crippen molar-refractivity contribution in [1.29, 1.82) is 0 Å². The Hall–Kier alpha value is -3.31. The normalized spacial score (nSPS) is 11.3. The minimum atomic E-state index is -0.0252. The van der Waals surface area contributed by atoms with Gasteiger partial charge >= 0.3 is 0 Å². The molecule has 0 spiro atoms. The second-order valence-electron chi connectivity index (χ2n) is 7.13. The Bertz CT molecular complexity index is 1160. The van der Waals surface area contributed by atoms with E-state index < -0.39 is 0 Å². The van der Waals surface area contributed by atoms with Gasteiger partial charge in [0.05, 0.1) is 6.61 Å². The van der Waals surface area contributed by atoms with Crippen molar-refractivity contribution in [3.63, 3.8) is 0 Å². The molecule has 0 fully saturated rings. The standard InChI is InChI=1S/C26H23NO3S/c1-19-6-4-7-20(18-19)10-15-24(28)21-11-13-22(14-12-21)29-16-5-17-31-26-27-23-8-2-3-9-25(23)30-26/h2-4,6-15,18H,5,16-17H2,1H3. The van der Waals surface area contributed by atoms with E-state index in [9.17, 15) is 4.79 Å². The highest BCUT2D eigenvalue weighted by molar-refractivity contribution is 7.99. The first-order valence-corrected chi connectivity index (χ1v) is 11.2. The first-order chi connectivity index (χ1) is 15.2. The molecule has 1 heterocycles. The molecule has 4 nitrogen and oxygen atoms in total. The second kappa shape index (κ2) is 10.1. The van der Waals surface area contributed by atoms with Gasteiger partial charge in [-0.3, -0.25) is 4.79 Å². The average molecular weight is 430 g/mol. The summed E-state index contributed by atoms with van der Waals surface area (Å²) in [4.78, 5) is 16.8. The molecule has 0 saturated heterocycles. The summed E-state index contributed by atoms with van der Waals surface area (Å²) < 4.78 is 11.5. The quantitative estimate of drug-likeness (QED) is 0.130. The molecule has 5 heteroatoms.